The molecule has 1 heterocycles. The van der Waals surface area contributed by atoms with Crippen molar-refractivity contribution in [3.63, 3.8) is 0 Å². The molecule has 0 spiro atoms. The first kappa shape index (κ1) is 18.6. The van der Waals surface area contributed by atoms with Gasteiger partial charge in [0.05, 0.1) is 19.8 Å². The monoisotopic (exact) mass is 377 g/mol. The van der Waals surface area contributed by atoms with Gasteiger partial charge in [-0.25, -0.2) is 0 Å². The van der Waals surface area contributed by atoms with Crippen LogP contribution in [0.3, 0.4) is 0 Å². The van der Waals surface area contributed by atoms with Crippen LogP contribution in [0.25, 0.3) is 10.8 Å². The van der Waals surface area contributed by atoms with E-state index in [4.69, 9.17) is 9.47 Å². The zero-order chi connectivity index (χ0) is 19.7. The molecule has 0 unspecified atom stereocenters. The van der Waals surface area contributed by atoms with Gasteiger partial charge in [-0.1, -0.05) is 36.4 Å². The third-order valence-electron chi connectivity index (χ3n) is 5.39. The average Bonchev–Trinajstić information content (AvgIpc) is 3.15. The van der Waals surface area contributed by atoms with Crippen molar-refractivity contribution in [1.82, 2.24) is 0 Å². The SMILES string of the molecule is CCOc1c2c(c(OCC)c3ccccc13)CN(c1ccc(CO)cc1C)C2. The van der Waals surface area contributed by atoms with E-state index in [-0.39, 0.29) is 6.61 Å². The molecule has 0 fully saturated rings. The molecule has 1 aliphatic rings. The fourth-order valence-corrected chi connectivity index (χ4v) is 4.21. The van der Waals surface area contributed by atoms with Crippen LogP contribution in [0, 0.1) is 6.92 Å². The van der Waals surface area contributed by atoms with E-state index in [1.165, 1.54) is 22.4 Å². The van der Waals surface area contributed by atoms with E-state index in [1.807, 2.05) is 19.9 Å². The normalized spacial score (nSPS) is 13.1. The molecule has 1 aliphatic heterocycles. The lowest BCUT2D eigenvalue weighted by Crippen LogP contribution is -2.16. The van der Waals surface area contributed by atoms with Gasteiger partial charge in [0.1, 0.15) is 11.5 Å². The number of aryl methyl sites for hydroxylation is 1. The molecule has 0 radical (unpaired) electrons. The Balaban J connectivity index is 1.85. The van der Waals surface area contributed by atoms with Crippen LogP contribution in [0.4, 0.5) is 5.69 Å². The van der Waals surface area contributed by atoms with Gasteiger partial charge in [-0.15, -0.1) is 0 Å². The molecule has 28 heavy (non-hydrogen) atoms. The van der Waals surface area contributed by atoms with Gasteiger partial charge < -0.3 is 19.5 Å². The molecule has 146 valence electrons. The molecule has 0 saturated heterocycles. The Bertz CT molecular complexity index is 958. The van der Waals surface area contributed by atoms with Gasteiger partial charge in [0.15, 0.2) is 0 Å². The van der Waals surface area contributed by atoms with Crippen molar-refractivity contribution < 1.29 is 14.6 Å². The highest BCUT2D eigenvalue weighted by Gasteiger charge is 2.30. The topological polar surface area (TPSA) is 41.9 Å². The minimum Gasteiger partial charge on any atom is -0.493 e. The molecule has 0 aliphatic carbocycles. The summed E-state index contributed by atoms with van der Waals surface area (Å²) in [5, 5.41) is 11.6. The van der Waals surface area contributed by atoms with Gasteiger partial charge in [0.2, 0.25) is 0 Å². The van der Waals surface area contributed by atoms with Crippen LogP contribution in [-0.4, -0.2) is 18.3 Å². The Morgan fingerprint density at radius 3 is 1.93 bits per heavy atom. The number of rotatable bonds is 6. The second kappa shape index (κ2) is 7.72. The zero-order valence-corrected chi connectivity index (χ0v) is 16.8. The van der Waals surface area contributed by atoms with Crippen molar-refractivity contribution in [3.8, 4) is 11.5 Å². The standard InChI is InChI=1S/C24H27NO3/c1-4-27-23-18-8-6-7-9-19(18)24(28-5-2)21-14-25(13-20(21)23)22-11-10-17(15-26)12-16(22)3/h6-12,26H,4-5,13-15H2,1-3H3. The largest absolute Gasteiger partial charge is 0.493 e. The number of benzene rings is 3. The van der Waals surface area contributed by atoms with Gasteiger partial charge in [-0.3, -0.25) is 0 Å². The van der Waals surface area contributed by atoms with Gasteiger partial charge >= 0.3 is 0 Å². The van der Waals surface area contributed by atoms with Crippen LogP contribution >= 0.6 is 0 Å². The molecular weight excluding hydrogens is 350 g/mol. The predicted molar refractivity (Wildman–Crippen MR) is 113 cm³/mol. The number of aliphatic hydroxyl groups is 1. The van der Waals surface area contributed by atoms with E-state index in [2.05, 4.69) is 48.2 Å². The quantitative estimate of drug-likeness (QED) is 0.659. The number of anilines is 1. The second-order valence-corrected chi connectivity index (χ2v) is 7.16. The van der Waals surface area contributed by atoms with Crippen LogP contribution in [0.5, 0.6) is 11.5 Å². The third kappa shape index (κ3) is 3.08. The molecule has 0 bridgehead atoms. The van der Waals surface area contributed by atoms with Crippen molar-refractivity contribution in [2.75, 3.05) is 18.1 Å². The smallest absolute Gasteiger partial charge is 0.132 e. The van der Waals surface area contributed by atoms with Gasteiger partial charge in [0.25, 0.3) is 0 Å². The summed E-state index contributed by atoms with van der Waals surface area (Å²) in [6, 6.07) is 14.5. The molecule has 0 amide bonds. The fourth-order valence-electron chi connectivity index (χ4n) is 4.21. The van der Waals surface area contributed by atoms with Crippen LogP contribution in [0.1, 0.15) is 36.1 Å². The van der Waals surface area contributed by atoms with E-state index < -0.39 is 0 Å². The molecule has 4 heteroatoms. The molecule has 1 N–H and O–H groups in total. The number of hydrogen-bond acceptors (Lipinski definition) is 4. The maximum absolute atomic E-state index is 9.41. The Labute approximate surface area is 166 Å². The number of hydrogen-bond donors (Lipinski definition) is 1. The summed E-state index contributed by atoms with van der Waals surface area (Å²) in [7, 11) is 0. The van der Waals surface area contributed by atoms with Crippen LogP contribution < -0.4 is 14.4 Å². The molecule has 4 nitrogen and oxygen atoms in total. The number of aliphatic hydroxyl groups excluding tert-OH is 1. The van der Waals surface area contributed by atoms with Gasteiger partial charge in [-0.2, -0.15) is 0 Å². The third-order valence-corrected chi connectivity index (χ3v) is 5.39. The van der Waals surface area contributed by atoms with Crippen molar-refractivity contribution >= 4 is 16.5 Å². The van der Waals surface area contributed by atoms with E-state index in [0.717, 1.165) is 40.9 Å². The minimum atomic E-state index is 0.0652. The summed E-state index contributed by atoms with van der Waals surface area (Å²) in [5.74, 6) is 1.95. The van der Waals surface area contributed by atoms with E-state index in [0.29, 0.717) is 13.2 Å². The van der Waals surface area contributed by atoms with E-state index >= 15 is 0 Å². The zero-order valence-electron chi connectivity index (χ0n) is 16.8. The number of ether oxygens (including phenoxy) is 2. The summed E-state index contributed by atoms with van der Waals surface area (Å²) in [6.07, 6.45) is 0. The van der Waals surface area contributed by atoms with Crippen molar-refractivity contribution in [2.45, 2.75) is 40.5 Å². The predicted octanol–water partition coefficient (Wildman–Crippen LogP) is 4.96. The van der Waals surface area contributed by atoms with E-state index in [9.17, 15) is 5.11 Å². The van der Waals surface area contributed by atoms with Crippen molar-refractivity contribution in [3.05, 3.63) is 64.7 Å². The number of fused-ring (bicyclic) bond motifs is 2. The molecule has 0 atom stereocenters. The lowest BCUT2D eigenvalue weighted by atomic mass is 9.99. The molecule has 3 aromatic carbocycles. The highest BCUT2D eigenvalue weighted by atomic mass is 16.5. The summed E-state index contributed by atoms with van der Waals surface area (Å²) in [6.45, 7) is 9.06. The summed E-state index contributed by atoms with van der Waals surface area (Å²) in [5.41, 5.74) is 5.72. The molecular formula is C24H27NO3. The van der Waals surface area contributed by atoms with Crippen LogP contribution in [0.2, 0.25) is 0 Å². The average molecular weight is 377 g/mol. The highest BCUT2D eigenvalue weighted by molar-refractivity contribution is 5.96. The lowest BCUT2D eigenvalue weighted by Gasteiger charge is -2.21. The Hall–Kier alpha value is -2.72. The Morgan fingerprint density at radius 2 is 1.46 bits per heavy atom. The minimum absolute atomic E-state index is 0.0652. The maximum Gasteiger partial charge on any atom is 0.132 e. The fraction of sp³-hybridized carbons (Fsp3) is 0.333. The Morgan fingerprint density at radius 1 is 0.893 bits per heavy atom. The molecule has 3 aromatic rings. The summed E-state index contributed by atoms with van der Waals surface area (Å²) >= 11 is 0. The summed E-state index contributed by atoms with van der Waals surface area (Å²) < 4.78 is 12.3. The van der Waals surface area contributed by atoms with Crippen molar-refractivity contribution in [2.24, 2.45) is 0 Å². The first-order chi connectivity index (χ1) is 13.7. The van der Waals surface area contributed by atoms with Crippen LogP contribution in [-0.2, 0) is 19.7 Å². The lowest BCUT2D eigenvalue weighted by molar-refractivity contribution is 0.282. The molecule has 0 saturated carbocycles. The van der Waals surface area contributed by atoms with Gasteiger partial charge in [-0.05, 0) is 38.0 Å². The Kier molecular flexibility index (Phi) is 5.14. The summed E-state index contributed by atoms with van der Waals surface area (Å²) in [4.78, 5) is 2.37. The highest BCUT2D eigenvalue weighted by Crippen LogP contribution is 2.46. The first-order valence-corrected chi connectivity index (χ1v) is 9.95. The molecule has 4 rings (SSSR count). The van der Waals surface area contributed by atoms with Gasteiger partial charge in [0, 0.05) is 40.7 Å². The number of nitrogens with zero attached hydrogens (tertiary/aromatic N) is 1. The maximum atomic E-state index is 9.41. The first-order valence-electron chi connectivity index (χ1n) is 9.95. The van der Waals surface area contributed by atoms with Crippen molar-refractivity contribution in [1.29, 1.82) is 0 Å². The second-order valence-electron chi connectivity index (χ2n) is 7.16. The van der Waals surface area contributed by atoms with E-state index in [1.54, 1.807) is 0 Å². The molecule has 0 aromatic heterocycles. The van der Waals surface area contributed by atoms with Crippen LogP contribution in [0.15, 0.2) is 42.5 Å².